The minimum Gasteiger partial charge on any atom is -0.393 e. The van der Waals surface area contributed by atoms with E-state index in [-0.39, 0.29) is 11.8 Å². The highest BCUT2D eigenvalue weighted by Crippen LogP contribution is 2.30. The van der Waals surface area contributed by atoms with Crippen molar-refractivity contribution in [3.63, 3.8) is 0 Å². The molecule has 0 aliphatic heterocycles. The third-order valence-electron chi connectivity index (χ3n) is 4.29. The number of nitrogens with one attached hydrogen (secondary N) is 2. The lowest BCUT2D eigenvalue weighted by molar-refractivity contribution is -0.137. The van der Waals surface area contributed by atoms with Gasteiger partial charge in [0, 0.05) is 18.4 Å². The van der Waals surface area contributed by atoms with Crippen molar-refractivity contribution >= 4 is 17.4 Å². The van der Waals surface area contributed by atoms with Gasteiger partial charge in [-0.1, -0.05) is 0 Å². The maximum absolute atomic E-state index is 12.6. The molecule has 0 bridgehead atoms. The number of anilines is 2. The number of nitrogens with zero attached hydrogens (tertiary/aromatic N) is 1. The van der Waals surface area contributed by atoms with Crippen LogP contribution in [0.2, 0.25) is 0 Å². The van der Waals surface area contributed by atoms with Crippen molar-refractivity contribution in [2.24, 2.45) is 5.92 Å². The number of aliphatic hydroxyl groups excluding tert-OH is 1. The number of aliphatic hydroxyl groups is 1. The monoisotopic (exact) mass is 365 g/mol. The number of halogens is 3. The van der Waals surface area contributed by atoms with Gasteiger partial charge < -0.3 is 15.7 Å². The van der Waals surface area contributed by atoms with Gasteiger partial charge in [0.2, 0.25) is 0 Å². The molecule has 1 amide bonds. The average Bonchev–Trinajstić information content (AvgIpc) is 2.57. The molecule has 3 rings (SSSR count). The molecule has 138 valence electrons. The Morgan fingerprint density at radius 1 is 1.19 bits per heavy atom. The summed E-state index contributed by atoms with van der Waals surface area (Å²) in [6, 6.07) is 7.45. The van der Waals surface area contributed by atoms with Crippen LogP contribution in [-0.4, -0.2) is 28.6 Å². The van der Waals surface area contributed by atoms with Crippen LogP contribution in [0.1, 0.15) is 28.8 Å². The minimum absolute atomic E-state index is 0.257. The van der Waals surface area contributed by atoms with Crippen LogP contribution in [0.5, 0.6) is 0 Å². The van der Waals surface area contributed by atoms with E-state index in [4.69, 9.17) is 0 Å². The van der Waals surface area contributed by atoms with Gasteiger partial charge in [-0.2, -0.15) is 13.2 Å². The first-order chi connectivity index (χ1) is 12.3. The summed E-state index contributed by atoms with van der Waals surface area (Å²) in [7, 11) is 0. The highest BCUT2D eigenvalue weighted by atomic mass is 19.4. The van der Waals surface area contributed by atoms with E-state index >= 15 is 0 Å². The fraction of sp³-hybridized carbons (Fsp3) is 0.333. The third-order valence-corrected chi connectivity index (χ3v) is 4.29. The second-order valence-electron chi connectivity index (χ2n) is 6.30. The molecule has 1 saturated carbocycles. The number of benzene rings is 1. The average molecular weight is 365 g/mol. The highest BCUT2D eigenvalue weighted by molar-refractivity contribution is 6.07. The smallest absolute Gasteiger partial charge is 0.393 e. The molecule has 1 fully saturated rings. The number of aromatic nitrogens is 1. The second-order valence-corrected chi connectivity index (χ2v) is 6.30. The fourth-order valence-electron chi connectivity index (χ4n) is 2.78. The second kappa shape index (κ2) is 7.33. The van der Waals surface area contributed by atoms with Crippen LogP contribution < -0.4 is 10.6 Å². The first-order valence-corrected chi connectivity index (χ1v) is 8.18. The lowest BCUT2D eigenvalue weighted by Crippen LogP contribution is -2.33. The molecule has 0 radical (unpaired) electrons. The number of carbonyl (C=O) groups is 1. The molecule has 0 atom stereocenters. The Morgan fingerprint density at radius 3 is 2.50 bits per heavy atom. The van der Waals surface area contributed by atoms with Gasteiger partial charge in [-0.3, -0.25) is 4.79 Å². The van der Waals surface area contributed by atoms with Gasteiger partial charge in [0.15, 0.2) is 0 Å². The molecular formula is C18H18F3N3O2. The number of carbonyl (C=O) groups excluding carboxylic acids is 1. The normalized spacial score (nSPS) is 19.5. The van der Waals surface area contributed by atoms with Crippen molar-refractivity contribution in [3.8, 4) is 0 Å². The molecule has 1 aliphatic carbocycles. The van der Waals surface area contributed by atoms with Crippen LogP contribution >= 0.6 is 0 Å². The molecule has 1 aromatic carbocycles. The van der Waals surface area contributed by atoms with E-state index in [1.54, 1.807) is 18.3 Å². The number of amides is 1. The van der Waals surface area contributed by atoms with Crippen LogP contribution in [0.15, 0.2) is 42.6 Å². The van der Waals surface area contributed by atoms with Crippen molar-refractivity contribution in [2.45, 2.75) is 25.1 Å². The molecule has 0 saturated heterocycles. The van der Waals surface area contributed by atoms with Crippen LogP contribution in [-0.2, 0) is 6.18 Å². The van der Waals surface area contributed by atoms with Gasteiger partial charge in [0.1, 0.15) is 5.82 Å². The predicted octanol–water partition coefficient (Wildman–Crippen LogP) is 3.54. The van der Waals surface area contributed by atoms with Gasteiger partial charge in [-0.25, -0.2) is 4.98 Å². The Balaban J connectivity index is 1.66. The Bertz CT molecular complexity index is 772. The van der Waals surface area contributed by atoms with Crippen molar-refractivity contribution < 1.29 is 23.1 Å². The Hall–Kier alpha value is -2.61. The Morgan fingerprint density at radius 2 is 1.88 bits per heavy atom. The Kier molecular flexibility index (Phi) is 5.13. The summed E-state index contributed by atoms with van der Waals surface area (Å²) in [5, 5.41) is 15.0. The van der Waals surface area contributed by atoms with E-state index in [0.29, 0.717) is 36.7 Å². The molecule has 8 heteroatoms. The molecule has 1 aromatic heterocycles. The zero-order valence-corrected chi connectivity index (χ0v) is 13.8. The van der Waals surface area contributed by atoms with E-state index in [1.165, 1.54) is 12.1 Å². The summed E-state index contributed by atoms with van der Waals surface area (Å²) in [5.41, 5.74) is -0.214. The molecule has 1 heterocycles. The first-order valence-electron chi connectivity index (χ1n) is 8.18. The summed E-state index contributed by atoms with van der Waals surface area (Å²) < 4.78 is 37.8. The maximum atomic E-state index is 12.6. The van der Waals surface area contributed by atoms with Gasteiger partial charge in [0.25, 0.3) is 5.91 Å². The lowest BCUT2D eigenvalue weighted by atomic mass is 9.82. The summed E-state index contributed by atoms with van der Waals surface area (Å²) in [6.07, 6.45) is -1.70. The summed E-state index contributed by atoms with van der Waals surface area (Å²) in [6.45, 7) is 0.592. The Labute approximate surface area is 148 Å². The quantitative estimate of drug-likeness (QED) is 0.758. The van der Waals surface area contributed by atoms with Crippen LogP contribution in [0, 0.1) is 5.92 Å². The van der Waals surface area contributed by atoms with E-state index in [0.717, 1.165) is 12.1 Å². The number of hydrogen-bond acceptors (Lipinski definition) is 4. The SMILES string of the molecule is O=C(Nc1ccc(C(F)(F)F)cc1)c1cccnc1NCC1CC(O)C1. The van der Waals surface area contributed by atoms with Gasteiger partial charge in [-0.05, 0) is 55.2 Å². The molecular weight excluding hydrogens is 347 g/mol. The predicted molar refractivity (Wildman–Crippen MR) is 90.9 cm³/mol. The number of rotatable bonds is 5. The zero-order chi connectivity index (χ0) is 18.7. The first kappa shape index (κ1) is 18.2. The maximum Gasteiger partial charge on any atom is 0.416 e. The largest absolute Gasteiger partial charge is 0.416 e. The number of hydrogen-bond donors (Lipinski definition) is 3. The topological polar surface area (TPSA) is 74.2 Å². The van der Waals surface area contributed by atoms with Gasteiger partial charge in [0.05, 0.1) is 17.2 Å². The summed E-state index contributed by atoms with van der Waals surface area (Å²) >= 11 is 0. The van der Waals surface area contributed by atoms with Crippen molar-refractivity contribution in [3.05, 3.63) is 53.7 Å². The summed E-state index contributed by atoms with van der Waals surface area (Å²) in [5.74, 6) is 0.269. The van der Waals surface area contributed by atoms with E-state index in [9.17, 15) is 23.1 Å². The third kappa shape index (κ3) is 4.32. The zero-order valence-electron chi connectivity index (χ0n) is 13.8. The summed E-state index contributed by atoms with van der Waals surface area (Å²) in [4.78, 5) is 16.6. The van der Waals surface area contributed by atoms with Crippen molar-refractivity contribution in [1.82, 2.24) is 4.98 Å². The number of alkyl halides is 3. The van der Waals surface area contributed by atoms with E-state index in [1.807, 2.05) is 0 Å². The lowest BCUT2D eigenvalue weighted by Gasteiger charge is -2.31. The molecule has 1 aliphatic rings. The standard InChI is InChI=1S/C18H18F3N3O2/c19-18(20,21)12-3-5-13(6-4-12)24-17(26)15-2-1-7-22-16(15)23-10-11-8-14(25)9-11/h1-7,11,14,25H,8-10H2,(H,22,23)(H,24,26). The number of pyridine rings is 1. The van der Waals surface area contributed by atoms with Crippen LogP contribution in [0.25, 0.3) is 0 Å². The highest BCUT2D eigenvalue weighted by Gasteiger charge is 2.30. The molecule has 26 heavy (non-hydrogen) atoms. The van der Waals surface area contributed by atoms with Gasteiger partial charge >= 0.3 is 6.18 Å². The van der Waals surface area contributed by atoms with Crippen LogP contribution in [0.3, 0.4) is 0 Å². The minimum atomic E-state index is -4.42. The van der Waals surface area contributed by atoms with Crippen LogP contribution in [0.4, 0.5) is 24.7 Å². The molecule has 5 nitrogen and oxygen atoms in total. The van der Waals surface area contributed by atoms with Crippen molar-refractivity contribution in [2.75, 3.05) is 17.2 Å². The van der Waals surface area contributed by atoms with E-state index < -0.39 is 17.6 Å². The van der Waals surface area contributed by atoms with Gasteiger partial charge in [-0.15, -0.1) is 0 Å². The molecule has 0 unspecified atom stereocenters. The molecule has 0 spiro atoms. The van der Waals surface area contributed by atoms with E-state index in [2.05, 4.69) is 15.6 Å². The molecule has 3 N–H and O–H groups in total. The molecule has 2 aromatic rings. The fourth-order valence-corrected chi connectivity index (χ4v) is 2.78. The van der Waals surface area contributed by atoms with Crippen molar-refractivity contribution in [1.29, 1.82) is 0 Å².